The molecule has 0 amide bonds. The van der Waals surface area contributed by atoms with Crippen molar-refractivity contribution in [3.05, 3.63) is 17.9 Å². The van der Waals surface area contributed by atoms with Crippen molar-refractivity contribution < 1.29 is 14.3 Å². The summed E-state index contributed by atoms with van der Waals surface area (Å²) in [6.45, 7) is 1.26. The van der Waals surface area contributed by atoms with Gasteiger partial charge in [0.25, 0.3) is 0 Å². The number of aliphatic hydroxyl groups is 1. The Balaban J connectivity index is 1.68. The van der Waals surface area contributed by atoms with Crippen molar-refractivity contribution in [2.45, 2.75) is 18.4 Å². The average Bonchev–Trinajstić information content (AvgIpc) is 2.93. The minimum absolute atomic E-state index is 0.340. The molecule has 1 aliphatic heterocycles. The highest BCUT2D eigenvalue weighted by Gasteiger charge is 2.52. The first kappa shape index (κ1) is 8.97. The lowest BCUT2D eigenvalue weighted by molar-refractivity contribution is -0.0115. The highest BCUT2D eigenvalue weighted by atomic mass is 16.4. The lowest BCUT2D eigenvalue weighted by atomic mass is 9.89. The highest BCUT2D eigenvalue weighted by molar-refractivity contribution is 5.71. The maximum absolute atomic E-state index is 10.4. The molecule has 80 valence electrons. The third kappa shape index (κ3) is 1.36. The second-order valence-corrected chi connectivity index (χ2v) is 4.53. The molecule has 1 aliphatic carbocycles. The van der Waals surface area contributed by atoms with Gasteiger partial charge in [0.15, 0.2) is 17.9 Å². The van der Waals surface area contributed by atoms with Gasteiger partial charge in [0.1, 0.15) is 5.60 Å². The van der Waals surface area contributed by atoms with Crippen LogP contribution in [0.3, 0.4) is 0 Å². The number of anilines is 1. The van der Waals surface area contributed by atoms with Gasteiger partial charge in [0.05, 0.1) is 13.1 Å². The number of aldehydes is 1. The Morgan fingerprint density at radius 2 is 2.20 bits per heavy atom. The van der Waals surface area contributed by atoms with Crippen molar-refractivity contribution in [3.63, 3.8) is 0 Å². The number of hydrogen-bond donors (Lipinski definition) is 1. The fourth-order valence-corrected chi connectivity index (χ4v) is 2.22. The van der Waals surface area contributed by atoms with Crippen molar-refractivity contribution in [1.82, 2.24) is 0 Å². The van der Waals surface area contributed by atoms with E-state index in [9.17, 15) is 9.90 Å². The molecule has 0 spiro atoms. The fourth-order valence-electron chi connectivity index (χ4n) is 2.22. The number of carbonyl (C=O) groups is 1. The zero-order valence-electron chi connectivity index (χ0n) is 8.35. The molecular formula is C11H13NO3. The maximum atomic E-state index is 10.4. The summed E-state index contributed by atoms with van der Waals surface area (Å²) in [5, 5.41) is 10.1. The van der Waals surface area contributed by atoms with Crippen LogP contribution in [0.25, 0.3) is 0 Å². The molecular weight excluding hydrogens is 194 g/mol. The van der Waals surface area contributed by atoms with E-state index in [0.29, 0.717) is 36.9 Å². The number of rotatable bonds is 3. The van der Waals surface area contributed by atoms with Gasteiger partial charge in [0, 0.05) is 6.07 Å². The number of carbonyl (C=O) groups excluding carboxylic acids is 1. The monoisotopic (exact) mass is 207 g/mol. The van der Waals surface area contributed by atoms with Crippen LogP contribution < -0.4 is 4.90 Å². The first-order chi connectivity index (χ1) is 7.21. The second-order valence-electron chi connectivity index (χ2n) is 4.53. The Bertz CT molecular complexity index is 388. The molecule has 1 saturated carbocycles. The molecule has 1 aromatic rings. The van der Waals surface area contributed by atoms with Gasteiger partial charge in [-0.1, -0.05) is 0 Å². The summed E-state index contributed by atoms with van der Waals surface area (Å²) in [5.74, 6) is 1.50. The van der Waals surface area contributed by atoms with E-state index in [-0.39, 0.29) is 0 Å². The SMILES string of the molecule is O=Cc1ccc(N2CC(O)(C3CC3)C2)o1. The second kappa shape index (κ2) is 2.85. The highest BCUT2D eigenvalue weighted by Crippen LogP contribution is 2.45. The maximum Gasteiger partial charge on any atom is 0.196 e. The van der Waals surface area contributed by atoms with Crippen molar-refractivity contribution in [3.8, 4) is 0 Å². The Morgan fingerprint density at radius 3 is 2.73 bits per heavy atom. The Labute approximate surface area is 87.5 Å². The number of nitrogens with zero attached hydrogens (tertiary/aromatic N) is 1. The summed E-state index contributed by atoms with van der Waals surface area (Å²) in [7, 11) is 0. The molecule has 4 nitrogen and oxygen atoms in total. The van der Waals surface area contributed by atoms with E-state index < -0.39 is 5.60 Å². The van der Waals surface area contributed by atoms with Crippen LogP contribution >= 0.6 is 0 Å². The van der Waals surface area contributed by atoms with Crippen LogP contribution in [0.15, 0.2) is 16.5 Å². The third-order valence-corrected chi connectivity index (χ3v) is 3.31. The minimum atomic E-state index is -0.506. The molecule has 0 unspecified atom stereocenters. The van der Waals surface area contributed by atoms with E-state index in [4.69, 9.17) is 4.42 Å². The Morgan fingerprint density at radius 1 is 1.47 bits per heavy atom. The summed E-state index contributed by atoms with van der Waals surface area (Å²) in [6, 6.07) is 3.42. The van der Waals surface area contributed by atoms with Gasteiger partial charge in [-0.15, -0.1) is 0 Å². The van der Waals surface area contributed by atoms with Crippen molar-refractivity contribution in [2.75, 3.05) is 18.0 Å². The first-order valence-electron chi connectivity index (χ1n) is 5.24. The quantitative estimate of drug-likeness (QED) is 0.753. The molecule has 4 heteroatoms. The molecule has 15 heavy (non-hydrogen) atoms. The molecule has 0 atom stereocenters. The molecule has 1 saturated heterocycles. The Hall–Kier alpha value is -1.29. The van der Waals surface area contributed by atoms with Crippen molar-refractivity contribution in [2.24, 2.45) is 5.92 Å². The smallest absolute Gasteiger partial charge is 0.196 e. The zero-order chi connectivity index (χ0) is 10.5. The molecule has 1 N–H and O–H groups in total. The van der Waals surface area contributed by atoms with Gasteiger partial charge in [-0.05, 0) is 24.8 Å². The molecule has 3 rings (SSSR count). The summed E-state index contributed by atoms with van der Waals surface area (Å²) in [4.78, 5) is 12.4. The van der Waals surface area contributed by atoms with Gasteiger partial charge in [-0.25, -0.2) is 0 Å². The number of β-amino-alcohol motifs (C(OH)–C–C–N with tert-alkyl or cyclic N) is 1. The normalized spacial score (nSPS) is 23.7. The molecule has 2 fully saturated rings. The Kier molecular flexibility index (Phi) is 1.71. The molecule has 0 radical (unpaired) electrons. The van der Waals surface area contributed by atoms with Crippen LogP contribution in [0.5, 0.6) is 0 Å². The van der Waals surface area contributed by atoms with Crippen molar-refractivity contribution >= 4 is 12.2 Å². The largest absolute Gasteiger partial charge is 0.438 e. The van der Waals surface area contributed by atoms with E-state index in [1.54, 1.807) is 12.1 Å². The predicted octanol–water partition coefficient (Wildman–Crippen LogP) is 1.05. The van der Waals surface area contributed by atoms with Crippen LogP contribution in [0, 0.1) is 5.92 Å². The van der Waals surface area contributed by atoms with Gasteiger partial charge in [-0.3, -0.25) is 4.79 Å². The van der Waals surface area contributed by atoms with Gasteiger partial charge in [-0.2, -0.15) is 0 Å². The molecule has 2 aliphatic rings. The zero-order valence-corrected chi connectivity index (χ0v) is 8.35. The lowest BCUT2D eigenvalue weighted by Gasteiger charge is -2.46. The van der Waals surface area contributed by atoms with Gasteiger partial charge >= 0.3 is 0 Å². The van der Waals surface area contributed by atoms with E-state index in [1.165, 1.54) is 0 Å². The van der Waals surface area contributed by atoms with Gasteiger partial charge < -0.3 is 14.4 Å². The van der Waals surface area contributed by atoms with E-state index in [1.807, 2.05) is 4.90 Å². The summed E-state index contributed by atoms with van der Waals surface area (Å²) in [6.07, 6.45) is 2.97. The summed E-state index contributed by atoms with van der Waals surface area (Å²) in [5.41, 5.74) is -0.506. The summed E-state index contributed by atoms with van der Waals surface area (Å²) >= 11 is 0. The van der Waals surface area contributed by atoms with E-state index >= 15 is 0 Å². The predicted molar refractivity (Wildman–Crippen MR) is 54.0 cm³/mol. The average molecular weight is 207 g/mol. The van der Waals surface area contributed by atoms with Crippen LogP contribution in [0.2, 0.25) is 0 Å². The lowest BCUT2D eigenvalue weighted by Crippen LogP contribution is -2.63. The molecule has 2 heterocycles. The van der Waals surface area contributed by atoms with Gasteiger partial charge in [0.2, 0.25) is 0 Å². The minimum Gasteiger partial charge on any atom is -0.438 e. The van der Waals surface area contributed by atoms with Crippen LogP contribution in [-0.2, 0) is 0 Å². The third-order valence-electron chi connectivity index (χ3n) is 3.31. The van der Waals surface area contributed by atoms with Crippen LogP contribution in [-0.4, -0.2) is 30.1 Å². The molecule has 1 aromatic heterocycles. The fraction of sp³-hybridized carbons (Fsp3) is 0.545. The number of furan rings is 1. The topological polar surface area (TPSA) is 53.7 Å². The van der Waals surface area contributed by atoms with Crippen LogP contribution in [0.1, 0.15) is 23.4 Å². The molecule has 0 bridgehead atoms. The standard InChI is InChI=1S/C11H13NO3/c13-5-9-3-4-10(15-9)12-6-11(14,7-12)8-1-2-8/h3-5,8,14H,1-2,6-7H2. The van der Waals surface area contributed by atoms with E-state index in [0.717, 1.165) is 12.8 Å². The first-order valence-corrected chi connectivity index (χ1v) is 5.24. The van der Waals surface area contributed by atoms with Crippen molar-refractivity contribution in [1.29, 1.82) is 0 Å². The molecule has 0 aromatic carbocycles. The van der Waals surface area contributed by atoms with Crippen LogP contribution in [0.4, 0.5) is 5.88 Å². The number of hydrogen-bond acceptors (Lipinski definition) is 4. The summed E-state index contributed by atoms with van der Waals surface area (Å²) < 4.78 is 5.28. The van der Waals surface area contributed by atoms with E-state index in [2.05, 4.69) is 0 Å².